The largest absolute Gasteiger partial charge is 0.309 e. The summed E-state index contributed by atoms with van der Waals surface area (Å²) in [7, 11) is 4.14. The van der Waals surface area contributed by atoms with E-state index in [0.29, 0.717) is 0 Å². The van der Waals surface area contributed by atoms with Crippen LogP contribution in [-0.4, -0.2) is 31.8 Å². The normalized spacial score (nSPS) is 12.8. The molecular formula is C18H23NO. The minimum Gasteiger partial charge on any atom is -0.309 e. The van der Waals surface area contributed by atoms with Crippen LogP contribution in [0.3, 0.4) is 0 Å². The second kappa shape index (κ2) is 7.20. The van der Waals surface area contributed by atoms with E-state index in [0.717, 1.165) is 32.1 Å². The highest BCUT2D eigenvalue weighted by Crippen LogP contribution is 2.22. The second-order valence-electron chi connectivity index (χ2n) is 5.68. The van der Waals surface area contributed by atoms with Crippen LogP contribution >= 0.6 is 0 Å². The molecule has 2 aromatic carbocycles. The molecule has 0 N–H and O–H groups in total. The van der Waals surface area contributed by atoms with Gasteiger partial charge in [-0.3, -0.25) is 0 Å². The van der Waals surface area contributed by atoms with E-state index in [1.54, 1.807) is 0 Å². The maximum atomic E-state index is 11.3. The topological polar surface area (TPSA) is 20.3 Å². The van der Waals surface area contributed by atoms with Crippen molar-refractivity contribution in [1.82, 2.24) is 4.90 Å². The first-order chi connectivity index (χ1) is 9.70. The zero-order valence-corrected chi connectivity index (χ0v) is 12.4. The zero-order valence-electron chi connectivity index (χ0n) is 12.4. The number of hydrogen-bond acceptors (Lipinski definition) is 2. The SMILES string of the molecule is CN(C)CCCC(C=O)Cc1cccc2ccccc12. The van der Waals surface area contributed by atoms with Crippen molar-refractivity contribution in [1.29, 1.82) is 0 Å². The number of rotatable bonds is 7. The van der Waals surface area contributed by atoms with Gasteiger partial charge < -0.3 is 9.69 Å². The van der Waals surface area contributed by atoms with Crippen molar-refractivity contribution in [3.8, 4) is 0 Å². The third kappa shape index (κ3) is 3.91. The quantitative estimate of drug-likeness (QED) is 0.717. The monoisotopic (exact) mass is 269 g/mol. The number of benzene rings is 2. The molecule has 106 valence electrons. The van der Waals surface area contributed by atoms with Crippen LogP contribution in [0.4, 0.5) is 0 Å². The summed E-state index contributed by atoms with van der Waals surface area (Å²) in [6.45, 7) is 1.04. The van der Waals surface area contributed by atoms with E-state index in [-0.39, 0.29) is 5.92 Å². The third-order valence-corrected chi connectivity index (χ3v) is 3.73. The van der Waals surface area contributed by atoms with Gasteiger partial charge in [0.2, 0.25) is 0 Å². The lowest BCUT2D eigenvalue weighted by Crippen LogP contribution is -2.15. The average Bonchev–Trinajstić information content (AvgIpc) is 2.46. The molecular weight excluding hydrogens is 246 g/mol. The molecule has 0 aliphatic carbocycles. The average molecular weight is 269 g/mol. The van der Waals surface area contributed by atoms with E-state index in [1.165, 1.54) is 16.3 Å². The van der Waals surface area contributed by atoms with Crippen LogP contribution in [0.15, 0.2) is 42.5 Å². The molecule has 0 aliphatic heterocycles. The first-order valence-electron chi connectivity index (χ1n) is 7.27. The number of aldehydes is 1. The van der Waals surface area contributed by atoms with Gasteiger partial charge in [0.05, 0.1) is 0 Å². The van der Waals surface area contributed by atoms with Crippen molar-refractivity contribution in [3.05, 3.63) is 48.0 Å². The lowest BCUT2D eigenvalue weighted by atomic mass is 9.93. The predicted octanol–water partition coefficient (Wildman–Crippen LogP) is 3.54. The lowest BCUT2D eigenvalue weighted by molar-refractivity contribution is -0.111. The zero-order chi connectivity index (χ0) is 14.4. The molecule has 0 aromatic heterocycles. The number of carbonyl (C=O) groups is 1. The molecule has 0 aliphatic rings. The number of carbonyl (C=O) groups excluding carboxylic acids is 1. The highest BCUT2D eigenvalue weighted by atomic mass is 16.1. The predicted molar refractivity (Wildman–Crippen MR) is 85.0 cm³/mol. The summed E-state index contributed by atoms with van der Waals surface area (Å²) in [4.78, 5) is 13.5. The molecule has 0 radical (unpaired) electrons. The molecule has 1 unspecified atom stereocenters. The van der Waals surface area contributed by atoms with Gasteiger partial charge in [0.1, 0.15) is 6.29 Å². The van der Waals surface area contributed by atoms with Gasteiger partial charge in [-0.1, -0.05) is 42.5 Å². The Morgan fingerprint density at radius 2 is 1.85 bits per heavy atom. The maximum absolute atomic E-state index is 11.3. The Morgan fingerprint density at radius 3 is 2.60 bits per heavy atom. The maximum Gasteiger partial charge on any atom is 0.123 e. The standard InChI is InChI=1S/C18H23NO/c1-19(2)12-6-7-15(14-20)13-17-10-5-9-16-8-3-4-11-18(16)17/h3-5,8-11,14-15H,6-7,12-13H2,1-2H3. The van der Waals surface area contributed by atoms with Gasteiger partial charge in [-0.2, -0.15) is 0 Å². The first-order valence-corrected chi connectivity index (χ1v) is 7.27. The molecule has 1 atom stereocenters. The Kier molecular flexibility index (Phi) is 5.31. The van der Waals surface area contributed by atoms with Crippen molar-refractivity contribution in [2.75, 3.05) is 20.6 Å². The Balaban J connectivity index is 2.07. The van der Waals surface area contributed by atoms with Crippen LogP contribution in [0.25, 0.3) is 10.8 Å². The van der Waals surface area contributed by atoms with E-state index in [1.807, 2.05) is 0 Å². The number of hydrogen-bond donors (Lipinski definition) is 0. The van der Waals surface area contributed by atoms with Gasteiger partial charge in [0.15, 0.2) is 0 Å². The summed E-state index contributed by atoms with van der Waals surface area (Å²) < 4.78 is 0. The molecule has 2 nitrogen and oxygen atoms in total. The summed E-state index contributed by atoms with van der Waals surface area (Å²) >= 11 is 0. The van der Waals surface area contributed by atoms with Crippen molar-refractivity contribution in [2.45, 2.75) is 19.3 Å². The van der Waals surface area contributed by atoms with Gasteiger partial charge in [0.25, 0.3) is 0 Å². The van der Waals surface area contributed by atoms with Crippen LogP contribution in [-0.2, 0) is 11.2 Å². The second-order valence-corrected chi connectivity index (χ2v) is 5.68. The fourth-order valence-corrected chi connectivity index (χ4v) is 2.64. The van der Waals surface area contributed by atoms with Crippen molar-refractivity contribution >= 4 is 17.1 Å². The Bertz CT molecular complexity index is 557. The van der Waals surface area contributed by atoms with Crippen LogP contribution in [0.5, 0.6) is 0 Å². The molecule has 0 bridgehead atoms. The summed E-state index contributed by atoms with van der Waals surface area (Å²) in [5, 5.41) is 2.53. The molecule has 0 spiro atoms. The van der Waals surface area contributed by atoms with Gasteiger partial charge in [0, 0.05) is 5.92 Å². The summed E-state index contributed by atoms with van der Waals surface area (Å²) in [6, 6.07) is 14.7. The Morgan fingerprint density at radius 1 is 1.10 bits per heavy atom. The van der Waals surface area contributed by atoms with Crippen LogP contribution in [0.1, 0.15) is 18.4 Å². The molecule has 0 fully saturated rings. The highest BCUT2D eigenvalue weighted by Gasteiger charge is 2.10. The van der Waals surface area contributed by atoms with Crippen LogP contribution in [0.2, 0.25) is 0 Å². The van der Waals surface area contributed by atoms with Crippen molar-refractivity contribution in [3.63, 3.8) is 0 Å². The summed E-state index contributed by atoms with van der Waals surface area (Å²) in [5.41, 5.74) is 1.28. The van der Waals surface area contributed by atoms with E-state index in [9.17, 15) is 4.79 Å². The number of fused-ring (bicyclic) bond motifs is 1. The third-order valence-electron chi connectivity index (χ3n) is 3.73. The molecule has 20 heavy (non-hydrogen) atoms. The van der Waals surface area contributed by atoms with E-state index in [2.05, 4.69) is 61.5 Å². The van der Waals surface area contributed by atoms with E-state index in [4.69, 9.17) is 0 Å². The summed E-state index contributed by atoms with van der Waals surface area (Å²) in [5.74, 6) is 0.126. The first kappa shape index (κ1) is 14.7. The Hall–Kier alpha value is -1.67. The molecule has 2 rings (SSSR count). The van der Waals surface area contributed by atoms with Gasteiger partial charge in [-0.25, -0.2) is 0 Å². The van der Waals surface area contributed by atoms with Gasteiger partial charge >= 0.3 is 0 Å². The smallest absolute Gasteiger partial charge is 0.123 e. The number of nitrogens with zero attached hydrogens (tertiary/aromatic N) is 1. The molecule has 2 aromatic rings. The molecule has 0 amide bonds. The fourth-order valence-electron chi connectivity index (χ4n) is 2.64. The van der Waals surface area contributed by atoms with Crippen LogP contribution < -0.4 is 0 Å². The minimum absolute atomic E-state index is 0.126. The van der Waals surface area contributed by atoms with E-state index < -0.39 is 0 Å². The molecule has 0 saturated heterocycles. The van der Waals surface area contributed by atoms with Crippen molar-refractivity contribution < 1.29 is 4.79 Å². The minimum atomic E-state index is 0.126. The van der Waals surface area contributed by atoms with E-state index >= 15 is 0 Å². The van der Waals surface area contributed by atoms with Gasteiger partial charge in [-0.15, -0.1) is 0 Å². The molecule has 0 saturated carbocycles. The lowest BCUT2D eigenvalue weighted by Gasteiger charge is -2.14. The fraction of sp³-hybridized carbons (Fsp3) is 0.389. The van der Waals surface area contributed by atoms with Crippen molar-refractivity contribution in [2.24, 2.45) is 5.92 Å². The molecule has 0 heterocycles. The van der Waals surface area contributed by atoms with Gasteiger partial charge in [-0.05, 0) is 56.2 Å². The van der Waals surface area contributed by atoms with Crippen LogP contribution in [0, 0.1) is 5.92 Å². The molecule has 2 heteroatoms. The summed E-state index contributed by atoms with van der Waals surface area (Å²) in [6.07, 6.45) is 4.00. The highest BCUT2D eigenvalue weighted by molar-refractivity contribution is 5.85. The Labute approximate surface area is 121 Å².